The van der Waals surface area contributed by atoms with Gasteiger partial charge in [0.15, 0.2) is 0 Å². The molecule has 18 heavy (non-hydrogen) atoms. The van der Waals surface area contributed by atoms with Crippen molar-refractivity contribution in [2.75, 3.05) is 0 Å². The van der Waals surface area contributed by atoms with Gasteiger partial charge < -0.3 is 5.11 Å². The standard InChI is InChI=1S/C13H17N3O2/c1-3-13(18,4-2)9-16-12(17)10-6-5-7-14-11(10)8-15-16/h5-8,18H,3-4,9H2,1-2H3. The highest BCUT2D eigenvalue weighted by Gasteiger charge is 2.24. The maximum Gasteiger partial charge on any atom is 0.276 e. The average molecular weight is 247 g/mol. The summed E-state index contributed by atoms with van der Waals surface area (Å²) in [6.07, 6.45) is 4.36. The SMILES string of the molecule is CCC(O)(CC)Cn1ncc2ncccc2c1=O. The number of aliphatic hydroxyl groups is 1. The zero-order chi connectivity index (χ0) is 13.2. The minimum Gasteiger partial charge on any atom is -0.388 e. The van der Waals surface area contributed by atoms with Crippen LogP contribution in [0.1, 0.15) is 26.7 Å². The predicted octanol–water partition coefficient (Wildman–Crippen LogP) is 1.34. The molecule has 0 saturated carbocycles. The second-order valence-corrected chi connectivity index (χ2v) is 4.48. The second-order valence-electron chi connectivity index (χ2n) is 4.48. The van der Waals surface area contributed by atoms with Gasteiger partial charge in [0.2, 0.25) is 0 Å². The van der Waals surface area contributed by atoms with E-state index in [0.29, 0.717) is 23.7 Å². The molecule has 0 spiro atoms. The summed E-state index contributed by atoms with van der Waals surface area (Å²) < 4.78 is 1.32. The van der Waals surface area contributed by atoms with Gasteiger partial charge >= 0.3 is 0 Å². The molecule has 0 aromatic carbocycles. The average Bonchev–Trinajstić information content (AvgIpc) is 2.42. The van der Waals surface area contributed by atoms with Crippen LogP contribution >= 0.6 is 0 Å². The van der Waals surface area contributed by atoms with E-state index in [2.05, 4.69) is 10.1 Å². The summed E-state index contributed by atoms with van der Waals surface area (Å²) in [5, 5.41) is 14.9. The molecule has 2 heterocycles. The van der Waals surface area contributed by atoms with Crippen molar-refractivity contribution in [2.45, 2.75) is 38.8 Å². The summed E-state index contributed by atoms with van der Waals surface area (Å²) in [6, 6.07) is 3.44. The van der Waals surface area contributed by atoms with Crippen molar-refractivity contribution >= 4 is 10.9 Å². The van der Waals surface area contributed by atoms with Crippen molar-refractivity contribution in [1.29, 1.82) is 0 Å². The molecule has 2 aromatic rings. The second kappa shape index (κ2) is 4.86. The molecule has 5 nitrogen and oxygen atoms in total. The Kier molecular flexibility index (Phi) is 3.43. The van der Waals surface area contributed by atoms with Gasteiger partial charge in [-0.3, -0.25) is 9.78 Å². The van der Waals surface area contributed by atoms with E-state index in [-0.39, 0.29) is 12.1 Å². The highest BCUT2D eigenvalue weighted by atomic mass is 16.3. The van der Waals surface area contributed by atoms with Gasteiger partial charge in [-0.2, -0.15) is 5.10 Å². The Morgan fingerprint density at radius 3 is 2.78 bits per heavy atom. The number of aromatic nitrogens is 3. The van der Waals surface area contributed by atoms with Gasteiger partial charge in [-0.25, -0.2) is 4.68 Å². The molecule has 0 amide bonds. The Hall–Kier alpha value is -1.75. The van der Waals surface area contributed by atoms with Gasteiger partial charge in [0.05, 0.1) is 29.2 Å². The molecule has 0 saturated heterocycles. The van der Waals surface area contributed by atoms with Gasteiger partial charge in [-0.1, -0.05) is 13.8 Å². The van der Waals surface area contributed by atoms with Gasteiger partial charge in [-0.05, 0) is 25.0 Å². The molecular weight excluding hydrogens is 230 g/mol. The summed E-state index contributed by atoms with van der Waals surface area (Å²) in [5.41, 5.74) is -0.511. The first-order valence-corrected chi connectivity index (χ1v) is 6.13. The number of rotatable bonds is 4. The molecule has 0 aliphatic rings. The fourth-order valence-electron chi connectivity index (χ4n) is 1.88. The van der Waals surface area contributed by atoms with Crippen LogP contribution in [0.4, 0.5) is 0 Å². The molecule has 5 heteroatoms. The summed E-state index contributed by atoms with van der Waals surface area (Å²) in [7, 11) is 0. The van der Waals surface area contributed by atoms with E-state index in [9.17, 15) is 9.90 Å². The Morgan fingerprint density at radius 2 is 2.11 bits per heavy atom. The first-order chi connectivity index (χ1) is 8.59. The van der Waals surface area contributed by atoms with Crippen molar-refractivity contribution in [3.63, 3.8) is 0 Å². The molecular formula is C13H17N3O2. The van der Waals surface area contributed by atoms with Crippen LogP contribution in [-0.4, -0.2) is 25.5 Å². The summed E-state index contributed by atoms with van der Waals surface area (Å²) in [6.45, 7) is 4.01. The number of pyridine rings is 1. The molecule has 0 radical (unpaired) electrons. The summed E-state index contributed by atoms with van der Waals surface area (Å²) >= 11 is 0. The lowest BCUT2D eigenvalue weighted by atomic mass is 9.98. The van der Waals surface area contributed by atoms with Crippen molar-refractivity contribution < 1.29 is 5.11 Å². The third-order valence-corrected chi connectivity index (χ3v) is 3.38. The Morgan fingerprint density at radius 1 is 1.39 bits per heavy atom. The van der Waals surface area contributed by atoms with E-state index < -0.39 is 5.60 Å². The van der Waals surface area contributed by atoms with Crippen molar-refractivity contribution in [2.24, 2.45) is 0 Å². The first-order valence-electron chi connectivity index (χ1n) is 6.13. The number of hydrogen-bond acceptors (Lipinski definition) is 4. The normalized spacial score (nSPS) is 11.9. The van der Waals surface area contributed by atoms with Crippen LogP contribution in [0.5, 0.6) is 0 Å². The van der Waals surface area contributed by atoms with Gasteiger partial charge in [0.1, 0.15) is 0 Å². The van der Waals surface area contributed by atoms with Crippen LogP contribution in [0.25, 0.3) is 10.9 Å². The minimum atomic E-state index is -0.882. The lowest BCUT2D eigenvalue weighted by Crippen LogP contribution is -2.38. The van der Waals surface area contributed by atoms with Crippen molar-refractivity contribution in [3.05, 3.63) is 34.9 Å². The zero-order valence-corrected chi connectivity index (χ0v) is 10.6. The summed E-state index contributed by atoms with van der Waals surface area (Å²) in [5.74, 6) is 0. The largest absolute Gasteiger partial charge is 0.388 e. The quantitative estimate of drug-likeness (QED) is 0.885. The van der Waals surface area contributed by atoms with Gasteiger partial charge in [0.25, 0.3) is 5.56 Å². The number of nitrogens with zero attached hydrogens (tertiary/aromatic N) is 3. The Bertz CT molecular complexity index is 602. The fourth-order valence-corrected chi connectivity index (χ4v) is 1.88. The van der Waals surface area contributed by atoms with E-state index in [1.165, 1.54) is 4.68 Å². The zero-order valence-electron chi connectivity index (χ0n) is 10.6. The van der Waals surface area contributed by atoms with Gasteiger partial charge in [0, 0.05) is 6.20 Å². The lowest BCUT2D eigenvalue weighted by Gasteiger charge is -2.25. The van der Waals surface area contributed by atoms with Crippen LogP contribution < -0.4 is 5.56 Å². The van der Waals surface area contributed by atoms with E-state index in [1.807, 2.05) is 13.8 Å². The van der Waals surface area contributed by atoms with Crippen molar-refractivity contribution in [1.82, 2.24) is 14.8 Å². The molecule has 1 N–H and O–H groups in total. The van der Waals surface area contributed by atoms with E-state index in [1.54, 1.807) is 24.5 Å². The molecule has 0 bridgehead atoms. The topological polar surface area (TPSA) is 68.0 Å². The van der Waals surface area contributed by atoms with E-state index in [4.69, 9.17) is 0 Å². The third kappa shape index (κ3) is 2.26. The lowest BCUT2D eigenvalue weighted by molar-refractivity contribution is 0.0107. The highest BCUT2D eigenvalue weighted by Crippen LogP contribution is 2.16. The predicted molar refractivity (Wildman–Crippen MR) is 69.3 cm³/mol. The van der Waals surface area contributed by atoms with Crippen LogP contribution in [-0.2, 0) is 6.54 Å². The van der Waals surface area contributed by atoms with E-state index in [0.717, 1.165) is 0 Å². The van der Waals surface area contributed by atoms with Crippen LogP contribution in [0, 0.1) is 0 Å². The van der Waals surface area contributed by atoms with Crippen LogP contribution in [0.15, 0.2) is 29.3 Å². The molecule has 0 atom stereocenters. The molecule has 2 aromatic heterocycles. The maximum absolute atomic E-state index is 12.2. The Labute approximate surface area is 105 Å². The molecule has 2 rings (SSSR count). The monoisotopic (exact) mass is 247 g/mol. The molecule has 96 valence electrons. The van der Waals surface area contributed by atoms with Crippen LogP contribution in [0.2, 0.25) is 0 Å². The molecule has 0 aliphatic carbocycles. The number of hydrogen-bond donors (Lipinski definition) is 1. The Balaban J connectivity index is 2.47. The van der Waals surface area contributed by atoms with E-state index >= 15 is 0 Å². The molecule has 0 fully saturated rings. The smallest absolute Gasteiger partial charge is 0.276 e. The number of fused-ring (bicyclic) bond motifs is 1. The fraction of sp³-hybridized carbons (Fsp3) is 0.462. The molecule has 0 aliphatic heterocycles. The minimum absolute atomic E-state index is 0.207. The van der Waals surface area contributed by atoms with Gasteiger partial charge in [-0.15, -0.1) is 0 Å². The summed E-state index contributed by atoms with van der Waals surface area (Å²) in [4.78, 5) is 16.3. The molecule has 0 unspecified atom stereocenters. The van der Waals surface area contributed by atoms with Crippen molar-refractivity contribution in [3.8, 4) is 0 Å². The maximum atomic E-state index is 12.2. The highest BCUT2D eigenvalue weighted by molar-refractivity contribution is 5.75. The van der Waals surface area contributed by atoms with Crippen LogP contribution in [0.3, 0.4) is 0 Å². The first kappa shape index (κ1) is 12.7. The third-order valence-electron chi connectivity index (χ3n) is 3.38.